The average molecular weight is 196 g/mol. The Kier molecular flexibility index (Phi) is 6.13. The van der Waals surface area contributed by atoms with Crippen molar-refractivity contribution < 1.29 is 30.3 Å². The van der Waals surface area contributed by atoms with Crippen molar-refractivity contribution in [2.45, 2.75) is 24.4 Å². The molecule has 0 aliphatic carbocycles. The van der Waals surface area contributed by atoms with Gasteiger partial charge >= 0.3 is 0 Å². The van der Waals surface area contributed by atoms with E-state index in [1.54, 1.807) is 0 Å². The second-order valence-electron chi connectivity index (χ2n) is 2.69. The summed E-state index contributed by atoms with van der Waals surface area (Å²) < 4.78 is 4.66. The van der Waals surface area contributed by atoms with E-state index in [0.717, 1.165) is 0 Å². The van der Waals surface area contributed by atoms with Crippen LogP contribution >= 0.6 is 0 Å². The largest absolute Gasteiger partial charge is 0.394 e. The molecule has 4 atom stereocenters. The predicted molar refractivity (Wildman–Crippen MR) is 43.0 cm³/mol. The summed E-state index contributed by atoms with van der Waals surface area (Å²) in [6.45, 7) is -1.23. The van der Waals surface area contributed by atoms with Crippen LogP contribution < -0.4 is 0 Å². The molecule has 0 aromatic carbocycles. The summed E-state index contributed by atoms with van der Waals surface area (Å²) in [7, 11) is 1.22. The Morgan fingerprint density at radius 3 is 1.77 bits per heavy atom. The SMILES string of the molecule is CO[C@@H]([C@H](O)[C@@H](O)CO)[C@H](O)CO. The van der Waals surface area contributed by atoms with E-state index >= 15 is 0 Å². The summed E-state index contributed by atoms with van der Waals surface area (Å²) in [6.07, 6.45) is -5.24. The molecule has 0 aromatic heterocycles. The van der Waals surface area contributed by atoms with Crippen molar-refractivity contribution in [3.63, 3.8) is 0 Å². The molecule has 0 saturated heterocycles. The Morgan fingerprint density at radius 2 is 1.46 bits per heavy atom. The van der Waals surface area contributed by atoms with Crippen LogP contribution in [0.25, 0.3) is 0 Å². The highest BCUT2D eigenvalue weighted by Crippen LogP contribution is 2.08. The molecule has 0 bridgehead atoms. The molecule has 13 heavy (non-hydrogen) atoms. The lowest BCUT2D eigenvalue weighted by molar-refractivity contribution is -0.137. The number of methoxy groups -OCH3 is 1. The first-order valence-corrected chi connectivity index (χ1v) is 3.87. The van der Waals surface area contributed by atoms with Crippen LogP contribution in [0.4, 0.5) is 0 Å². The Morgan fingerprint density at radius 1 is 1.00 bits per heavy atom. The van der Waals surface area contributed by atoms with Crippen LogP contribution in [0, 0.1) is 0 Å². The van der Waals surface area contributed by atoms with Gasteiger partial charge in [0.25, 0.3) is 0 Å². The third-order valence-corrected chi connectivity index (χ3v) is 1.76. The average Bonchev–Trinajstić information content (AvgIpc) is 2.17. The molecule has 0 unspecified atom stereocenters. The van der Waals surface area contributed by atoms with Crippen LogP contribution in [0.15, 0.2) is 0 Å². The van der Waals surface area contributed by atoms with E-state index in [0.29, 0.717) is 0 Å². The van der Waals surface area contributed by atoms with Gasteiger partial charge in [-0.05, 0) is 0 Å². The van der Waals surface area contributed by atoms with Gasteiger partial charge < -0.3 is 30.3 Å². The zero-order valence-electron chi connectivity index (χ0n) is 7.37. The maximum Gasteiger partial charge on any atom is 0.114 e. The van der Waals surface area contributed by atoms with Gasteiger partial charge in [0.05, 0.1) is 13.2 Å². The third-order valence-electron chi connectivity index (χ3n) is 1.76. The topological polar surface area (TPSA) is 110 Å². The fourth-order valence-electron chi connectivity index (χ4n) is 0.955. The van der Waals surface area contributed by atoms with Gasteiger partial charge in [-0.1, -0.05) is 0 Å². The minimum absolute atomic E-state index is 0.590. The van der Waals surface area contributed by atoms with Crippen LogP contribution in [-0.2, 0) is 4.74 Å². The number of aliphatic hydroxyl groups is 5. The summed E-state index contributed by atoms with van der Waals surface area (Å²) in [6, 6.07) is 0. The highest BCUT2D eigenvalue weighted by Gasteiger charge is 2.31. The quantitative estimate of drug-likeness (QED) is 0.311. The Labute approximate surface area is 76.0 Å². The zero-order chi connectivity index (χ0) is 10.4. The van der Waals surface area contributed by atoms with Crippen molar-refractivity contribution >= 4 is 0 Å². The van der Waals surface area contributed by atoms with Crippen molar-refractivity contribution in [1.29, 1.82) is 0 Å². The van der Waals surface area contributed by atoms with Crippen LogP contribution in [-0.4, -0.2) is 70.3 Å². The van der Waals surface area contributed by atoms with Crippen molar-refractivity contribution in [2.24, 2.45) is 0 Å². The van der Waals surface area contributed by atoms with E-state index in [4.69, 9.17) is 20.4 Å². The molecule has 0 aliphatic rings. The van der Waals surface area contributed by atoms with E-state index in [2.05, 4.69) is 4.74 Å². The van der Waals surface area contributed by atoms with Crippen molar-refractivity contribution in [1.82, 2.24) is 0 Å². The van der Waals surface area contributed by atoms with E-state index in [-0.39, 0.29) is 0 Å². The molecule has 0 rings (SSSR count). The molecule has 6 heteroatoms. The van der Waals surface area contributed by atoms with Gasteiger partial charge in [-0.2, -0.15) is 0 Å². The highest BCUT2D eigenvalue weighted by atomic mass is 16.5. The standard InChI is InChI=1S/C7H16O6/c1-13-7(5(11)3-9)6(12)4(10)2-8/h4-12H,2-3H2,1H3/t4-,5+,6+,7+/m0/s1. The van der Waals surface area contributed by atoms with E-state index in [9.17, 15) is 5.11 Å². The van der Waals surface area contributed by atoms with Gasteiger partial charge in [0.15, 0.2) is 0 Å². The van der Waals surface area contributed by atoms with Crippen molar-refractivity contribution in [3.05, 3.63) is 0 Å². The maximum atomic E-state index is 9.27. The number of ether oxygens (including phenoxy) is 1. The number of rotatable bonds is 6. The van der Waals surface area contributed by atoms with Crippen LogP contribution in [0.3, 0.4) is 0 Å². The summed E-state index contributed by atoms with van der Waals surface area (Å²) in [5.41, 5.74) is 0. The summed E-state index contributed by atoms with van der Waals surface area (Å²) in [5, 5.41) is 44.4. The number of hydrogen-bond acceptors (Lipinski definition) is 6. The first-order chi connectivity index (χ1) is 6.08. The van der Waals surface area contributed by atoms with Gasteiger partial charge in [0, 0.05) is 7.11 Å². The van der Waals surface area contributed by atoms with E-state index < -0.39 is 37.6 Å². The van der Waals surface area contributed by atoms with Crippen molar-refractivity contribution in [3.8, 4) is 0 Å². The molecule has 0 fully saturated rings. The fourth-order valence-corrected chi connectivity index (χ4v) is 0.955. The Bertz CT molecular complexity index is 130. The zero-order valence-corrected chi connectivity index (χ0v) is 7.37. The lowest BCUT2D eigenvalue weighted by Crippen LogP contribution is -2.48. The van der Waals surface area contributed by atoms with Gasteiger partial charge in [0.1, 0.15) is 24.4 Å². The van der Waals surface area contributed by atoms with Crippen LogP contribution in [0.1, 0.15) is 0 Å². The third kappa shape index (κ3) is 3.55. The van der Waals surface area contributed by atoms with Crippen molar-refractivity contribution in [2.75, 3.05) is 20.3 Å². The fraction of sp³-hybridized carbons (Fsp3) is 1.00. The highest BCUT2D eigenvalue weighted by molar-refractivity contribution is 4.81. The molecule has 80 valence electrons. The molecule has 6 nitrogen and oxygen atoms in total. The normalized spacial score (nSPS) is 20.8. The second kappa shape index (κ2) is 6.25. The van der Waals surface area contributed by atoms with Gasteiger partial charge in [-0.25, -0.2) is 0 Å². The Balaban J connectivity index is 4.21. The van der Waals surface area contributed by atoms with Crippen LogP contribution in [0.5, 0.6) is 0 Å². The van der Waals surface area contributed by atoms with Gasteiger partial charge in [-0.15, -0.1) is 0 Å². The van der Waals surface area contributed by atoms with Gasteiger partial charge in [0.2, 0.25) is 0 Å². The molecule has 0 aromatic rings. The molecular weight excluding hydrogens is 180 g/mol. The molecular formula is C7H16O6. The summed E-state index contributed by atoms with van der Waals surface area (Å²) >= 11 is 0. The lowest BCUT2D eigenvalue weighted by atomic mass is 10.0. The van der Waals surface area contributed by atoms with E-state index in [1.807, 2.05) is 0 Å². The van der Waals surface area contributed by atoms with Gasteiger partial charge in [-0.3, -0.25) is 0 Å². The second-order valence-corrected chi connectivity index (χ2v) is 2.69. The number of aliphatic hydroxyl groups excluding tert-OH is 5. The number of hydrogen-bond donors (Lipinski definition) is 5. The van der Waals surface area contributed by atoms with E-state index in [1.165, 1.54) is 7.11 Å². The Hall–Kier alpha value is -0.240. The van der Waals surface area contributed by atoms with Crippen LogP contribution in [0.2, 0.25) is 0 Å². The first-order valence-electron chi connectivity index (χ1n) is 3.87. The lowest BCUT2D eigenvalue weighted by Gasteiger charge is -2.27. The maximum absolute atomic E-state index is 9.27. The molecule has 0 amide bonds. The molecule has 5 N–H and O–H groups in total. The minimum Gasteiger partial charge on any atom is -0.394 e. The summed E-state index contributed by atoms with van der Waals surface area (Å²) in [5.74, 6) is 0. The molecule has 0 saturated carbocycles. The predicted octanol–water partition coefficient (Wildman–Crippen LogP) is -2.93. The molecule has 0 radical (unpaired) electrons. The monoisotopic (exact) mass is 196 g/mol. The smallest absolute Gasteiger partial charge is 0.114 e. The molecule has 0 spiro atoms. The first kappa shape index (κ1) is 12.8. The molecule has 0 heterocycles. The minimum atomic E-state index is -1.43. The summed E-state index contributed by atoms with van der Waals surface area (Å²) in [4.78, 5) is 0. The molecule has 0 aliphatic heterocycles.